The van der Waals surface area contributed by atoms with Crippen molar-refractivity contribution in [3.05, 3.63) is 41.1 Å². The van der Waals surface area contributed by atoms with Crippen molar-refractivity contribution >= 4 is 23.5 Å². The van der Waals surface area contributed by atoms with Gasteiger partial charge in [-0.2, -0.15) is 5.10 Å². The lowest BCUT2D eigenvalue weighted by molar-refractivity contribution is -0.113. The highest BCUT2D eigenvalue weighted by molar-refractivity contribution is 8.00. The lowest BCUT2D eigenvalue weighted by atomic mass is 10.1. The smallest absolute Gasteiger partial charge is 0.235 e. The first-order valence-corrected chi connectivity index (χ1v) is 7.75. The monoisotopic (exact) mass is 287 g/mol. The molecule has 0 atom stereocenters. The van der Waals surface area contributed by atoms with E-state index in [-0.39, 0.29) is 5.91 Å². The van der Waals surface area contributed by atoms with Gasteiger partial charge in [-0.1, -0.05) is 6.07 Å². The van der Waals surface area contributed by atoms with E-state index in [0.29, 0.717) is 11.6 Å². The summed E-state index contributed by atoms with van der Waals surface area (Å²) in [5, 5.41) is 9.50. The number of fused-ring (bicyclic) bond motifs is 1. The van der Waals surface area contributed by atoms with E-state index in [0.717, 1.165) is 5.56 Å². The molecule has 0 saturated carbocycles. The molecule has 2 N–H and O–H groups in total. The molecule has 0 radical (unpaired) electrons. The summed E-state index contributed by atoms with van der Waals surface area (Å²) in [6.07, 6.45) is 5.31. The first-order valence-electron chi connectivity index (χ1n) is 6.77. The third-order valence-corrected chi connectivity index (χ3v) is 4.53. The van der Waals surface area contributed by atoms with Crippen LogP contribution in [0.3, 0.4) is 0 Å². The average Bonchev–Trinajstić information content (AvgIpc) is 3.05. The second-order valence-electron chi connectivity index (χ2n) is 5.05. The van der Waals surface area contributed by atoms with Crippen molar-refractivity contribution in [2.24, 2.45) is 0 Å². The lowest BCUT2D eigenvalue weighted by Crippen LogP contribution is -2.14. The molecule has 0 bridgehead atoms. The summed E-state index contributed by atoms with van der Waals surface area (Å²) in [7, 11) is 0. The molecular formula is C15H17N3OS. The molecule has 0 saturated heterocycles. The number of thioether (sulfide) groups is 1. The Hall–Kier alpha value is -1.75. The number of H-pyrrole nitrogens is 1. The maximum Gasteiger partial charge on any atom is 0.235 e. The number of carbonyl (C=O) groups is 1. The number of benzene rings is 1. The van der Waals surface area contributed by atoms with Gasteiger partial charge in [-0.05, 0) is 49.4 Å². The first-order chi connectivity index (χ1) is 9.72. The number of aromatic nitrogens is 2. The number of amides is 1. The Labute approximate surface area is 122 Å². The van der Waals surface area contributed by atoms with Gasteiger partial charge in [0.2, 0.25) is 5.91 Å². The van der Waals surface area contributed by atoms with Crippen LogP contribution in [-0.4, -0.2) is 21.9 Å². The van der Waals surface area contributed by atoms with Crippen LogP contribution < -0.4 is 5.32 Å². The van der Waals surface area contributed by atoms with Crippen molar-refractivity contribution in [3.63, 3.8) is 0 Å². The largest absolute Gasteiger partial charge is 0.310 e. The number of nitrogens with zero attached hydrogens (tertiary/aromatic N) is 1. The zero-order chi connectivity index (χ0) is 13.9. The van der Waals surface area contributed by atoms with E-state index in [2.05, 4.69) is 33.7 Å². The third-order valence-electron chi connectivity index (χ3n) is 3.53. The number of anilines is 1. The minimum atomic E-state index is -0.0113. The van der Waals surface area contributed by atoms with E-state index in [9.17, 15) is 4.79 Å². The Morgan fingerprint density at radius 1 is 1.40 bits per heavy atom. The van der Waals surface area contributed by atoms with Crippen molar-refractivity contribution in [1.29, 1.82) is 0 Å². The molecule has 1 aliphatic rings. The molecule has 4 nitrogen and oxygen atoms in total. The fourth-order valence-corrected chi connectivity index (χ4v) is 3.20. The summed E-state index contributed by atoms with van der Waals surface area (Å²) in [4.78, 5) is 13.1. The van der Waals surface area contributed by atoms with Crippen molar-refractivity contribution in [3.8, 4) is 0 Å². The highest BCUT2D eigenvalue weighted by Gasteiger charge is 2.12. The van der Waals surface area contributed by atoms with Crippen molar-refractivity contribution in [2.45, 2.75) is 31.1 Å². The first kappa shape index (κ1) is 13.2. The SMILES string of the molecule is Cc1cn[nH]c1NC(=O)CSc1ccc2c(c1)CCC2. The number of hydrogen-bond acceptors (Lipinski definition) is 3. The fraction of sp³-hybridized carbons (Fsp3) is 0.333. The summed E-state index contributed by atoms with van der Waals surface area (Å²) < 4.78 is 0. The predicted octanol–water partition coefficient (Wildman–Crippen LogP) is 2.94. The quantitative estimate of drug-likeness (QED) is 0.850. The second-order valence-corrected chi connectivity index (χ2v) is 6.10. The fourth-order valence-electron chi connectivity index (χ4n) is 2.44. The van der Waals surface area contributed by atoms with Crippen LogP contribution in [0.4, 0.5) is 5.82 Å². The van der Waals surface area contributed by atoms with Gasteiger partial charge >= 0.3 is 0 Å². The van der Waals surface area contributed by atoms with Gasteiger partial charge in [0.1, 0.15) is 5.82 Å². The molecular weight excluding hydrogens is 270 g/mol. The Morgan fingerprint density at radius 2 is 2.25 bits per heavy atom. The molecule has 0 unspecified atom stereocenters. The number of aryl methyl sites for hydroxylation is 3. The average molecular weight is 287 g/mol. The summed E-state index contributed by atoms with van der Waals surface area (Å²) >= 11 is 1.58. The number of aromatic amines is 1. The van der Waals surface area contributed by atoms with Gasteiger partial charge < -0.3 is 5.32 Å². The molecule has 3 rings (SSSR count). The molecule has 5 heteroatoms. The lowest BCUT2D eigenvalue weighted by Gasteiger charge is -2.06. The van der Waals surface area contributed by atoms with Gasteiger partial charge in [-0.15, -0.1) is 11.8 Å². The highest BCUT2D eigenvalue weighted by atomic mass is 32.2. The topological polar surface area (TPSA) is 57.8 Å². The molecule has 1 aliphatic carbocycles. The summed E-state index contributed by atoms with van der Waals surface area (Å²) in [6, 6.07) is 6.53. The van der Waals surface area contributed by atoms with E-state index in [4.69, 9.17) is 0 Å². The van der Waals surface area contributed by atoms with Crippen LogP contribution in [0.5, 0.6) is 0 Å². The van der Waals surface area contributed by atoms with E-state index >= 15 is 0 Å². The maximum absolute atomic E-state index is 11.9. The number of rotatable bonds is 4. The van der Waals surface area contributed by atoms with Crippen molar-refractivity contribution in [2.75, 3.05) is 11.1 Å². The molecule has 1 aromatic carbocycles. The number of nitrogens with one attached hydrogen (secondary N) is 2. The molecule has 1 heterocycles. The van der Waals surface area contributed by atoms with Crippen LogP contribution in [0, 0.1) is 6.92 Å². The van der Waals surface area contributed by atoms with Gasteiger partial charge in [-0.3, -0.25) is 9.89 Å². The zero-order valence-corrected chi connectivity index (χ0v) is 12.2. The zero-order valence-electron chi connectivity index (χ0n) is 11.4. The highest BCUT2D eigenvalue weighted by Crippen LogP contribution is 2.27. The normalized spacial score (nSPS) is 13.2. The van der Waals surface area contributed by atoms with E-state index in [1.165, 1.54) is 35.3 Å². The van der Waals surface area contributed by atoms with Crippen LogP contribution in [0.15, 0.2) is 29.3 Å². The molecule has 2 aromatic rings. The predicted molar refractivity (Wildman–Crippen MR) is 81.1 cm³/mol. The molecule has 0 spiro atoms. The molecule has 20 heavy (non-hydrogen) atoms. The number of carbonyl (C=O) groups excluding carboxylic acids is 1. The molecule has 1 aromatic heterocycles. The molecule has 0 aliphatic heterocycles. The van der Waals surface area contributed by atoms with E-state index in [1.54, 1.807) is 18.0 Å². The second kappa shape index (κ2) is 5.71. The minimum absolute atomic E-state index is 0.0113. The number of hydrogen-bond donors (Lipinski definition) is 2. The van der Waals surface area contributed by atoms with E-state index in [1.807, 2.05) is 6.92 Å². The molecule has 1 amide bonds. The van der Waals surface area contributed by atoms with Crippen LogP contribution >= 0.6 is 11.8 Å². The molecule has 104 valence electrons. The van der Waals surface area contributed by atoms with Gasteiger partial charge in [-0.25, -0.2) is 0 Å². The summed E-state index contributed by atoms with van der Waals surface area (Å²) in [5.41, 5.74) is 3.85. The molecule has 0 fully saturated rings. The standard InChI is InChI=1S/C15H17N3OS/c1-10-8-16-18-15(10)17-14(19)9-20-13-6-5-11-3-2-4-12(11)7-13/h5-8H,2-4,9H2,1H3,(H2,16,17,18,19). The Kier molecular flexibility index (Phi) is 3.78. The van der Waals surface area contributed by atoms with E-state index < -0.39 is 0 Å². The van der Waals surface area contributed by atoms with Gasteiger partial charge in [0.25, 0.3) is 0 Å². The Morgan fingerprint density at radius 3 is 3.05 bits per heavy atom. The van der Waals surface area contributed by atoms with Gasteiger partial charge in [0.15, 0.2) is 0 Å². The van der Waals surface area contributed by atoms with Crippen LogP contribution in [-0.2, 0) is 17.6 Å². The minimum Gasteiger partial charge on any atom is -0.310 e. The summed E-state index contributed by atoms with van der Waals surface area (Å²) in [6.45, 7) is 1.91. The third kappa shape index (κ3) is 2.88. The van der Waals surface area contributed by atoms with Crippen molar-refractivity contribution in [1.82, 2.24) is 10.2 Å². The Balaban J connectivity index is 1.57. The van der Waals surface area contributed by atoms with Crippen molar-refractivity contribution < 1.29 is 4.79 Å². The maximum atomic E-state index is 11.9. The van der Waals surface area contributed by atoms with Gasteiger partial charge in [0.05, 0.1) is 11.9 Å². The van der Waals surface area contributed by atoms with Gasteiger partial charge in [0, 0.05) is 10.5 Å². The van der Waals surface area contributed by atoms with Crippen LogP contribution in [0.25, 0.3) is 0 Å². The Bertz CT molecular complexity index is 636. The van der Waals surface area contributed by atoms with Crippen LogP contribution in [0.2, 0.25) is 0 Å². The van der Waals surface area contributed by atoms with Crippen LogP contribution in [0.1, 0.15) is 23.1 Å². The summed E-state index contributed by atoms with van der Waals surface area (Å²) in [5.74, 6) is 1.09.